The third-order valence-electron chi connectivity index (χ3n) is 7.95. The fourth-order valence-electron chi connectivity index (χ4n) is 5.39. The highest BCUT2D eigenvalue weighted by Crippen LogP contribution is 2.34. The van der Waals surface area contributed by atoms with Gasteiger partial charge in [-0.1, -0.05) is 36.4 Å². The number of halogens is 1. The normalized spacial score (nSPS) is 17.2. The number of carbonyl (C=O) groups excluding carboxylic acids is 2. The average molecular weight is 682 g/mol. The number of nitrogens with one attached hydrogen (secondary N) is 1. The topological polar surface area (TPSA) is 130 Å². The Labute approximate surface area is 274 Å². The predicted molar refractivity (Wildman–Crippen MR) is 173 cm³/mol. The lowest BCUT2D eigenvalue weighted by atomic mass is 10.0. The van der Waals surface area contributed by atoms with Crippen LogP contribution < -0.4 is 5.32 Å². The fraction of sp³-hybridized carbons (Fsp3) is 0.323. The van der Waals surface area contributed by atoms with E-state index in [0.29, 0.717) is 36.1 Å². The van der Waals surface area contributed by atoms with Crippen molar-refractivity contribution in [3.63, 3.8) is 0 Å². The summed E-state index contributed by atoms with van der Waals surface area (Å²) in [7, 11) is -1.83. The van der Waals surface area contributed by atoms with Gasteiger partial charge in [0.2, 0.25) is 10.0 Å². The van der Waals surface area contributed by atoms with Gasteiger partial charge in [-0.05, 0) is 66.2 Å². The number of thioether (sulfide) groups is 1. The molecule has 1 N–H and O–H groups in total. The molecule has 46 heavy (non-hydrogen) atoms. The minimum Gasteiger partial charge on any atom is -0.345 e. The first-order valence-electron chi connectivity index (χ1n) is 14.8. The Balaban J connectivity index is 1.06. The number of benzene rings is 2. The highest BCUT2D eigenvalue weighted by Gasteiger charge is 2.33. The SMILES string of the molecule is Cn1c(CNC(=O)c2ccc(S(=O)(=O)N3CCCCC3)cc2)nnc1SCC(=O)N1N=C(c2cccs2)CC1c1ccc(F)cc1. The van der Waals surface area contributed by atoms with E-state index in [1.54, 1.807) is 35.1 Å². The van der Waals surface area contributed by atoms with Crippen molar-refractivity contribution in [1.29, 1.82) is 0 Å². The Morgan fingerprint density at radius 1 is 1.02 bits per heavy atom. The molecular weight excluding hydrogens is 650 g/mol. The van der Waals surface area contributed by atoms with Crippen LogP contribution in [0.3, 0.4) is 0 Å². The largest absolute Gasteiger partial charge is 0.345 e. The van der Waals surface area contributed by atoms with Gasteiger partial charge in [-0.15, -0.1) is 21.5 Å². The Morgan fingerprint density at radius 2 is 1.76 bits per heavy atom. The Kier molecular flexibility index (Phi) is 9.63. The maximum Gasteiger partial charge on any atom is 0.253 e. The maximum absolute atomic E-state index is 13.6. The lowest BCUT2D eigenvalue weighted by molar-refractivity contribution is -0.130. The molecule has 0 saturated carbocycles. The van der Waals surface area contributed by atoms with Crippen LogP contribution in [-0.4, -0.2) is 68.9 Å². The van der Waals surface area contributed by atoms with Crippen molar-refractivity contribution in [2.45, 2.75) is 48.3 Å². The summed E-state index contributed by atoms with van der Waals surface area (Å²) < 4.78 is 42.6. The summed E-state index contributed by atoms with van der Waals surface area (Å²) >= 11 is 2.75. The number of nitrogens with zero attached hydrogens (tertiary/aromatic N) is 6. The molecule has 6 rings (SSSR count). The number of piperidine rings is 1. The summed E-state index contributed by atoms with van der Waals surface area (Å²) in [5, 5.41) is 19.7. The van der Waals surface area contributed by atoms with Crippen LogP contribution in [0.25, 0.3) is 0 Å². The predicted octanol–water partition coefficient (Wildman–Crippen LogP) is 4.59. The van der Waals surface area contributed by atoms with E-state index in [1.165, 1.54) is 57.5 Å². The minimum atomic E-state index is -3.58. The van der Waals surface area contributed by atoms with Crippen LogP contribution in [0, 0.1) is 5.82 Å². The summed E-state index contributed by atoms with van der Waals surface area (Å²) in [6.07, 6.45) is 3.24. The van der Waals surface area contributed by atoms with Crippen LogP contribution in [0.4, 0.5) is 4.39 Å². The van der Waals surface area contributed by atoms with Crippen molar-refractivity contribution in [2.75, 3.05) is 18.8 Å². The maximum atomic E-state index is 13.6. The summed E-state index contributed by atoms with van der Waals surface area (Å²) in [5.41, 5.74) is 1.92. The van der Waals surface area contributed by atoms with Gasteiger partial charge >= 0.3 is 0 Å². The molecule has 1 saturated heterocycles. The lowest BCUT2D eigenvalue weighted by Crippen LogP contribution is -2.35. The summed E-state index contributed by atoms with van der Waals surface area (Å²) in [5.74, 6) is -0.426. The van der Waals surface area contributed by atoms with E-state index in [-0.39, 0.29) is 40.9 Å². The highest BCUT2D eigenvalue weighted by atomic mass is 32.2. The van der Waals surface area contributed by atoms with Gasteiger partial charge in [0.15, 0.2) is 11.0 Å². The molecule has 0 radical (unpaired) electrons. The molecular formula is C31H32FN7O4S3. The van der Waals surface area contributed by atoms with E-state index in [2.05, 4.69) is 20.6 Å². The second-order valence-electron chi connectivity index (χ2n) is 11.0. The minimum absolute atomic E-state index is 0.0456. The van der Waals surface area contributed by atoms with Crippen molar-refractivity contribution in [3.05, 3.63) is 93.7 Å². The van der Waals surface area contributed by atoms with Crippen LogP contribution in [0.5, 0.6) is 0 Å². The molecule has 0 spiro atoms. The molecule has 1 atom stereocenters. The zero-order chi connectivity index (χ0) is 32.3. The zero-order valence-corrected chi connectivity index (χ0v) is 27.5. The first-order chi connectivity index (χ1) is 22.2. The van der Waals surface area contributed by atoms with Gasteiger partial charge in [0.25, 0.3) is 11.8 Å². The number of carbonyl (C=O) groups is 2. The van der Waals surface area contributed by atoms with Crippen LogP contribution in [0.2, 0.25) is 0 Å². The second-order valence-corrected chi connectivity index (χ2v) is 14.8. The number of rotatable bonds is 10. The molecule has 1 fully saturated rings. The Hall–Kier alpha value is -3.92. The van der Waals surface area contributed by atoms with Crippen LogP contribution in [0.15, 0.2) is 81.2 Å². The molecule has 2 amide bonds. The standard InChI is InChI=1S/C31H32FN7O4S3/c1-37-28(19-33-30(41)22-9-13-24(14-10-22)46(42,43)38-15-3-2-4-16-38)34-35-31(37)45-20-29(40)39-26(21-7-11-23(32)12-8-21)18-25(36-39)27-6-5-17-44-27/h5-14,17,26H,2-4,15-16,18-20H2,1H3,(H,33,41). The van der Waals surface area contributed by atoms with Gasteiger partial charge in [-0.3, -0.25) is 9.59 Å². The number of hydrogen-bond acceptors (Lipinski definition) is 9. The summed E-state index contributed by atoms with van der Waals surface area (Å²) in [6, 6.07) is 15.6. The highest BCUT2D eigenvalue weighted by molar-refractivity contribution is 7.99. The molecule has 4 aromatic rings. The van der Waals surface area contributed by atoms with Crippen molar-refractivity contribution < 1.29 is 22.4 Å². The first kappa shape index (κ1) is 32.0. The smallest absolute Gasteiger partial charge is 0.253 e. The molecule has 2 aliphatic heterocycles. The van der Waals surface area contributed by atoms with E-state index in [1.807, 2.05) is 17.5 Å². The number of thiophene rings is 1. The Bertz CT molecular complexity index is 1840. The third-order valence-corrected chi connectivity index (χ3v) is 11.8. The molecule has 15 heteroatoms. The van der Waals surface area contributed by atoms with Gasteiger partial charge in [0.1, 0.15) is 5.82 Å². The third kappa shape index (κ3) is 6.92. The van der Waals surface area contributed by atoms with Crippen LogP contribution in [0.1, 0.15) is 58.3 Å². The number of sulfonamides is 1. The van der Waals surface area contributed by atoms with E-state index in [9.17, 15) is 22.4 Å². The fourth-order valence-corrected chi connectivity index (χ4v) is 8.41. The number of hydrazone groups is 1. The molecule has 0 aliphatic carbocycles. The lowest BCUT2D eigenvalue weighted by Gasteiger charge is -2.25. The first-order valence-corrected chi connectivity index (χ1v) is 18.1. The van der Waals surface area contributed by atoms with E-state index >= 15 is 0 Å². The molecule has 2 aliphatic rings. The summed E-state index contributed by atoms with van der Waals surface area (Å²) in [4.78, 5) is 27.4. The van der Waals surface area contributed by atoms with Crippen molar-refractivity contribution in [2.24, 2.45) is 12.1 Å². The van der Waals surface area contributed by atoms with Crippen LogP contribution in [-0.2, 0) is 28.4 Å². The van der Waals surface area contributed by atoms with Gasteiger partial charge < -0.3 is 9.88 Å². The molecule has 0 bridgehead atoms. The van der Waals surface area contributed by atoms with Gasteiger partial charge in [0, 0.05) is 32.1 Å². The summed E-state index contributed by atoms with van der Waals surface area (Å²) in [6.45, 7) is 1.10. The van der Waals surface area contributed by atoms with Gasteiger partial charge in [0.05, 0.1) is 33.8 Å². The molecule has 240 valence electrons. The number of amides is 2. The number of aromatic nitrogens is 3. The molecule has 11 nitrogen and oxygen atoms in total. The monoisotopic (exact) mass is 681 g/mol. The molecule has 1 unspecified atom stereocenters. The molecule has 2 aromatic carbocycles. The molecule has 4 heterocycles. The van der Waals surface area contributed by atoms with E-state index in [0.717, 1.165) is 35.4 Å². The van der Waals surface area contributed by atoms with Crippen molar-refractivity contribution in [1.82, 2.24) is 29.4 Å². The Morgan fingerprint density at radius 3 is 2.46 bits per heavy atom. The van der Waals surface area contributed by atoms with E-state index in [4.69, 9.17) is 0 Å². The zero-order valence-electron chi connectivity index (χ0n) is 25.0. The van der Waals surface area contributed by atoms with E-state index < -0.39 is 10.0 Å². The molecule has 2 aromatic heterocycles. The second kappa shape index (κ2) is 13.8. The van der Waals surface area contributed by atoms with Gasteiger partial charge in [-0.2, -0.15) is 9.41 Å². The van der Waals surface area contributed by atoms with Crippen molar-refractivity contribution >= 4 is 50.6 Å². The van der Waals surface area contributed by atoms with Crippen molar-refractivity contribution in [3.8, 4) is 0 Å². The van der Waals surface area contributed by atoms with Gasteiger partial charge in [-0.25, -0.2) is 17.8 Å². The average Bonchev–Trinajstić information content (AvgIpc) is 3.84. The number of hydrogen-bond donors (Lipinski definition) is 1. The quantitative estimate of drug-likeness (QED) is 0.243. The van der Waals surface area contributed by atoms with Crippen LogP contribution >= 0.6 is 23.1 Å².